The number of nitrogens with one attached hydrogen (secondary N) is 1. The lowest BCUT2D eigenvalue weighted by Gasteiger charge is -2.04. The van der Waals surface area contributed by atoms with Gasteiger partial charge in [-0.05, 0) is 54.4 Å². The molecule has 0 heterocycles. The van der Waals surface area contributed by atoms with E-state index in [1.807, 2.05) is 24.3 Å². The van der Waals surface area contributed by atoms with Gasteiger partial charge in [0.1, 0.15) is 5.75 Å². The number of hydrazone groups is 1. The van der Waals surface area contributed by atoms with Crippen molar-refractivity contribution in [1.29, 1.82) is 0 Å². The zero-order chi connectivity index (χ0) is 15.8. The van der Waals surface area contributed by atoms with Crippen LogP contribution in [0.15, 0.2) is 53.6 Å². The number of nitrogens with zero attached hydrogens (tertiary/aromatic N) is 1. The Morgan fingerprint density at radius 2 is 2.05 bits per heavy atom. The third kappa shape index (κ3) is 4.90. The maximum Gasteiger partial charge on any atom is 0.271 e. The fourth-order valence-electron chi connectivity index (χ4n) is 1.73. The van der Waals surface area contributed by atoms with Crippen LogP contribution in [0.1, 0.15) is 29.3 Å². The Morgan fingerprint density at radius 3 is 2.73 bits per heavy atom. The normalized spacial score (nSPS) is 10.6. The van der Waals surface area contributed by atoms with Gasteiger partial charge in [0, 0.05) is 10.6 Å². The van der Waals surface area contributed by atoms with Crippen LogP contribution in [0.4, 0.5) is 0 Å². The molecule has 1 N–H and O–H groups in total. The van der Waals surface area contributed by atoms with E-state index in [1.165, 1.54) is 0 Å². The quantitative estimate of drug-likeness (QED) is 0.649. The second-order valence-corrected chi connectivity index (χ2v) is 5.06. The number of amides is 1. The molecule has 2 aromatic carbocycles. The first-order valence-corrected chi connectivity index (χ1v) is 7.38. The maximum absolute atomic E-state index is 11.9. The maximum atomic E-state index is 11.9. The van der Waals surface area contributed by atoms with E-state index in [-0.39, 0.29) is 5.91 Å². The van der Waals surface area contributed by atoms with E-state index >= 15 is 0 Å². The van der Waals surface area contributed by atoms with Crippen molar-refractivity contribution >= 4 is 23.7 Å². The topological polar surface area (TPSA) is 50.7 Å². The summed E-state index contributed by atoms with van der Waals surface area (Å²) < 4.78 is 5.50. The lowest BCUT2D eigenvalue weighted by atomic mass is 10.2. The van der Waals surface area contributed by atoms with Crippen LogP contribution in [0.25, 0.3) is 0 Å². The molecule has 0 aliphatic heterocycles. The highest BCUT2D eigenvalue weighted by molar-refractivity contribution is 6.30. The van der Waals surface area contributed by atoms with Crippen molar-refractivity contribution in [3.63, 3.8) is 0 Å². The van der Waals surface area contributed by atoms with Crippen LogP contribution in [0.5, 0.6) is 5.75 Å². The van der Waals surface area contributed by atoms with Crippen LogP contribution < -0.4 is 10.2 Å². The van der Waals surface area contributed by atoms with Crippen molar-refractivity contribution in [3.8, 4) is 5.75 Å². The second-order valence-electron chi connectivity index (χ2n) is 4.63. The Balaban J connectivity index is 1.90. The fourth-order valence-corrected chi connectivity index (χ4v) is 1.92. The lowest BCUT2D eigenvalue weighted by Crippen LogP contribution is -2.17. The molecule has 0 spiro atoms. The van der Waals surface area contributed by atoms with Gasteiger partial charge in [-0.25, -0.2) is 5.43 Å². The molecule has 22 heavy (non-hydrogen) atoms. The van der Waals surface area contributed by atoms with Crippen LogP contribution in [0.3, 0.4) is 0 Å². The molecule has 0 aliphatic carbocycles. The molecule has 0 atom stereocenters. The van der Waals surface area contributed by atoms with Gasteiger partial charge in [-0.15, -0.1) is 0 Å². The first-order valence-electron chi connectivity index (χ1n) is 7.01. The summed E-state index contributed by atoms with van der Waals surface area (Å²) in [7, 11) is 0. The SMILES string of the molecule is CCCOc1ccc(C=NNC(=O)c2cccc(Cl)c2)cc1. The number of carbonyl (C=O) groups excluding carboxylic acids is 1. The van der Waals surface area contributed by atoms with Gasteiger partial charge in [-0.3, -0.25) is 4.79 Å². The molecule has 0 radical (unpaired) electrons. The monoisotopic (exact) mass is 316 g/mol. The predicted molar refractivity (Wildman–Crippen MR) is 88.7 cm³/mol. The molecule has 0 bridgehead atoms. The van der Waals surface area contributed by atoms with E-state index < -0.39 is 0 Å². The van der Waals surface area contributed by atoms with Crippen molar-refractivity contribution in [3.05, 3.63) is 64.7 Å². The van der Waals surface area contributed by atoms with Gasteiger partial charge in [0.15, 0.2) is 0 Å². The molecule has 2 aromatic rings. The van der Waals surface area contributed by atoms with Gasteiger partial charge in [0.2, 0.25) is 0 Å². The predicted octanol–water partition coefficient (Wildman–Crippen LogP) is 3.89. The molecule has 2 rings (SSSR count). The van der Waals surface area contributed by atoms with Crippen LogP contribution in [-0.4, -0.2) is 18.7 Å². The van der Waals surface area contributed by atoms with Gasteiger partial charge < -0.3 is 4.74 Å². The summed E-state index contributed by atoms with van der Waals surface area (Å²) in [5.41, 5.74) is 3.80. The summed E-state index contributed by atoms with van der Waals surface area (Å²) in [6.45, 7) is 2.76. The minimum Gasteiger partial charge on any atom is -0.494 e. The molecule has 0 saturated carbocycles. The molecule has 0 aromatic heterocycles. The number of benzene rings is 2. The second kappa shape index (κ2) is 8.20. The third-order valence-corrected chi connectivity index (χ3v) is 3.05. The highest BCUT2D eigenvalue weighted by atomic mass is 35.5. The molecule has 1 amide bonds. The van der Waals surface area contributed by atoms with E-state index in [4.69, 9.17) is 16.3 Å². The number of halogens is 1. The summed E-state index contributed by atoms with van der Waals surface area (Å²) in [4.78, 5) is 11.9. The Labute approximate surface area is 134 Å². The summed E-state index contributed by atoms with van der Waals surface area (Å²) in [6, 6.07) is 14.2. The molecular formula is C17H17ClN2O2. The molecule has 4 nitrogen and oxygen atoms in total. The van der Waals surface area contributed by atoms with Gasteiger partial charge in [-0.1, -0.05) is 24.6 Å². The first kappa shape index (κ1) is 16.0. The van der Waals surface area contributed by atoms with Gasteiger partial charge in [0.05, 0.1) is 12.8 Å². The Morgan fingerprint density at radius 1 is 1.27 bits per heavy atom. The van der Waals surface area contributed by atoms with Crippen molar-refractivity contribution in [2.24, 2.45) is 5.10 Å². The zero-order valence-electron chi connectivity index (χ0n) is 12.3. The average molecular weight is 317 g/mol. The number of hydrogen-bond donors (Lipinski definition) is 1. The molecule has 0 aliphatic rings. The Hall–Kier alpha value is -2.33. The number of carbonyl (C=O) groups is 1. The third-order valence-electron chi connectivity index (χ3n) is 2.82. The standard InChI is InChI=1S/C17H17ClN2O2/c1-2-10-22-16-8-6-13(7-9-16)12-19-20-17(21)14-4-3-5-15(18)11-14/h3-9,11-12H,2,10H2,1H3,(H,20,21). The Kier molecular flexibility index (Phi) is 5.98. The van der Waals surface area contributed by atoms with Crippen LogP contribution in [0.2, 0.25) is 5.02 Å². The molecule has 5 heteroatoms. The van der Waals surface area contributed by atoms with E-state index in [9.17, 15) is 4.79 Å². The van der Waals surface area contributed by atoms with Gasteiger partial charge in [0.25, 0.3) is 5.91 Å². The molecule has 0 fully saturated rings. The molecule has 114 valence electrons. The minimum absolute atomic E-state index is 0.304. The minimum atomic E-state index is -0.304. The van der Waals surface area contributed by atoms with Crippen LogP contribution in [0, 0.1) is 0 Å². The number of rotatable bonds is 6. The zero-order valence-corrected chi connectivity index (χ0v) is 13.0. The molecule has 0 saturated heterocycles. The van der Waals surface area contributed by atoms with E-state index in [0.717, 1.165) is 17.7 Å². The average Bonchev–Trinajstić information content (AvgIpc) is 2.54. The Bertz CT molecular complexity index is 654. The van der Waals surface area contributed by atoms with Crippen molar-refractivity contribution in [1.82, 2.24) is 5.43 Å². The van der Waals surface area contributed by atoms with E-state index in [1.54, 1.807) is 30.5 Å². The molecular weight excluding hydrogens is 300 g/mol. The summed E-state index contributed by atoms with van der Waals surface area (Å²) in [5, 5.41) is 4.44. The van der Waals surface area contributed by atoms with Gasteiger partial charge >= 0.3 is 0 Å². The number of ether oxygens (including phenoxy) is 1. The summed E-state index contributed by atoms with van der Waals surface area (Å²) >= 11 is 5.84. The molecule has 0 unspecified atom stereocenters. The van der Waals surface area contributed by atoms with Gasteiger partial charge in [-0.2, -0.15) is 5.10 Å². The largest absolute Gasteiger partial charge is 0.494 e. The van der Waals surface area contributed by atoms with E-state index in [2.05, 4.69) is 17.5 Å². The van der Waals surface area contributed by atoms with Crippen molar-refractivity contribution in [2.45, 2.75) is 13.3 Å². The summed E-state index contributed by atoms with van der Waals surface area (Å²) in [5.74, 6) is 0.517. The summed E-state index contributed by atoms with van der Waals surface area (Å²) in [6.07, 6.45) is 2.55. The fraction of sp³-hybridized carbons (Fsp3) is 0.176. The first-order chi connectivity index (χ1) is 10.7. The highest BCUT2D eigenvalue weighted by Crippen LogP contribution is 2.12. The van der Waals surface area contributed by atoms with E-state index in [0.29, 0.717) is 17.2 Å². The lowest BCUT2D eigenvalue weighted by molar-refractivity contribution is 0.0955. The van der Waals surface area contributed by atoms with Crippen molar-refractivity contribution < 1.29 is 9.53 Å². The highest BCUT2D eigenvalue weighted by Gasteiger charge is 2.03. The van der Waals surface area contributed by atoms with Crippen LogP contribution in [-0.2, 0) is 0 Å². The van der Waals surface area contributed by atoms with Crippen LogP contribution >= 0.6 is 11.6 Å². The smallest absolute Gasteiger partial charge is 0.271 e. The van der Waals surface area contributed by atoms with Crippen molar-refractivity contribution in [2.75, 3.05) is 6.61 Å². The number of hydrogen-bond acceptors (Lipinski definition) is 3.